The van der Waals surface area contributed by atoms with E-state index in [4.69, 9.17) is 0 Å². The highest BCUT2D eigenvalue weighted by Gasteiger charge is 2.17. The summed E-state index contributed by atoms with van der Waals surface area (Å²) in [6.07, 6.45) is 0. The van der Waals surface area contributed by atoms with E-state index in [1.165, 1.54) is 18.2 Å². The number of hydrogen-bond donors (Lipinski definition) is 0. The second kappa shape index (κ2) is 3.53. The molecule has 2 aromatic rings. The molecule has 0 unspecified atom stereocenters. The zero-order valence-corrected chi connectivity index (χ0v) is 9.53. The molecule has 0 aliphatic rings. The maximum absolute atomic E-state index is 12.9. The minimum atomic E-state index is -3.29. The van der Waals surface area contributed by atoms with Crippen LogP contribution in [0.15, 0.2) is 22.5 Å². The molecule has 0 aliphatic carbocycles. The van der Waals surface area contributed by atoms with Crippen molar-refractivity contribution >= 4 is 31.4 Å². The van der Waals surface area contributed by atoms with E-state index in [1.54, 1.807) is 6.92 Å². The Morgan fingerprint density at radius 1 is 1.47 bits per heavy atom. The van der Waals surface area contributed by atoms with Gasteiger partial charge in [-0.3, -0.25) is 0 Å². The molecular formula is C9H8FNO2S2. The summed E-state index contributed by atoms with van der Waals surface area (Å²) < 4.78 is 36.5. The molecule has 0 radical (unpaired) electrons. The molecule has 2 rings (SSSR count). The summed E-state index contributed by atoms with van der Waals surface area (Å²) in [4.78, 5) is 3.96. The predicted octanol–water partition coefficient (Wildman–Crippen LogP) is 2.23. The molecule has 3 nitrogen and oxygen atoms in total. The van der Waals surface area contributed by atoms with Gasteiger partial charge in [-0.15, -0.1) is 11.3 Å². The third-order valence-electron chi connectivity index (χ3n) is 1.98. The van der Waals surface area contributed by atoms with Gasteiger partial charge in [0, 0.05) is 0 Å². The summed E-state index contributed by atoms with van der Waals surface area (Å²) in [5.74, 6) is -0.374. The molecule has 0 aliphatic heterocycles. The molecule has 0 saturated carbocycles. The van der Waals surface area contributed by atoms with Crippen molar-refractivity contribution < 1.29 is 12.8 Å². The third kappa shape index (κ3) is 1.87. The van der Waals surface area contributed by atoms with Crippen molar-refractivity contribution in [2.45, 2.75) is 11.3 Å². The lowest BCUT2D eigenvalue weighted by molar-refractivity contribution is 0.596. The number of nitrogens with zero attached hydrogens (tertiary/aromatic N) is 1. The lowest BCUT2D eigenvalue weighted by atomic mass is 10.3. The zero-order chi connectivity index (χ0) is 11.1. The summed E-state index contributed by atoms with van der Waals surface area (Å²) in [7, 11) is -3.29. The number of benzene rings is 1. The highest BCUT2D eigenvalue weighted by molar-refractivity contribution is 7.93. The van der Waals surface area contributed by atoms with Crippen LogP contribution in [0, 0.1) is 5.82 Å². The molecule has 1 heterocycles. The molecule has 1 aromatic heterocycles. The fourth-order valence-corrected chi connectivity index (χ4v) is 3.47. The van der Waals surface area contributed by atoms with Gasteiger partial charge in [0.25, 0.3) is 0 Å². The molecule has 6 heteroatoms. The molecule has 0 N–H and O–H groups in total. The number of sulfone groups is 1. The quantitative estimate of drug-likeness (QED) is 0.815. The Labute approximate surface area is 90.5 Å². The van der Waals surface area contributed by atoms with Crippen molar-refractivity contribution in [3.8, 4) is 0 Å². The second-order valence-electron chi connectivity index (χ2n) is 3.00. The minimum Gasteiger partial charge on any atom is -0.225 e. The maximum atomic E-state index is 12.9. The Morgan fingerprint density at radius 2 is 2.20 bits per heavy atom. The Hall–Kier alpha value is -1.01. The lowest BCUT2D eigenvalue weighted by Gasteiger charge is -1.91. The topological polar surface area (TPSA) is 47.0 Å². The summed E-state index contributed by atoms with van der Waals surface area (Å²) >= 11 is 1.00. The molecule has 1 aromatic carbocycles. The van der Waals surface area contributed by atoms with Gasteiger partial charge in [0.05, 0.1) is 16.0 Å². The summed E-state index contributed by atoms with van der Waals surface area (Å²) in [5.41, 5.74) is 0.522. The number of halogens is 1. The molecule has 0 atom stereocenters. The molecule has 0 bridgehead atoms. The Morgan fingerprint density at radius 3 is 2.87 bits per heavy atom. The highest BCUT2D eigenvalue weighted by Crippen LogP contribution is 2.26. The maximum Gasteiger partial charge on any atom is 0.210 e. The molecule has 0 amide bonds. The zero-order valence-electron chi connectivity index (χ0n) is 7.90. The van der Waals surface area contributed by atoms with E-state index in [2.05, 4.69) is 4.98 Å². The Bertz CT molecular complexity index is 604. The van der Waals surface area contributed by atoms with E-state index in [1.807, 2.05) is 0 Å². The Kier molecular flexibility index (Phi) is 2.47. The number of aromatic nitrogens is 1. The van der Waals surface area contributed by atoms with Gasteiger partial charge < -0.3 is 0 Å². The van der Waals surface area contributed by atoms with Crippen LogP contribution in [0.2, 0.25) is 0 Å². The van der Waals surface area contributed by atoms with Gasteiger partial charge in [0.2, 0.25) is 14.2 Å². The number of thiazole rings is 1. The van der Waals surface area contributed by atoms with Crippen LogP contribution >= 0.6 is 11.3 Å². The average molecular weight is 245 g/mol. The van der Waals surface area contributed by atoms with Crippen LogP contribution in [-0.2, 0) is 9.84 Å². The summed E-state index contributed by atoms with van der Waals surface area (Å²) in [5, 5.41) is 0. The van der Waals surface area contributed by atoms with E-state index < -0.39 is 9.84 Å². The van der Waals surface area contributed by atoms with Gasteiger partial charge in [-0.25, -0.2) is 17.8 Å². The molecule has 15 heavy (non-hydrogen) atoms. The van der Waals surface area contributed by atoms with Crippen molar-refractivity contribution in [3.63, 3.8) is 0 Å². The van der Waals surface area contributed by atoms with E-state index in [-0.39, 0.29) is 15.9 Å². The van der Waals surface area contributed by atoms with Crippen LogP contribution in [0.5, 0.6) is 0 Å². The minimum absolute atomic E-state index is 0.00923. The standard InChI is InChI=1S/C9H8FNO2S2/c1-2-15(12,13)9-11-7-4-3-6(10)5-8(7)14-9/h3-5H,2H2,1H3. The summed E-state index contributed by atoms with van der Waals surface area (Å²) in [6.45, 7) is 1.56. The monoisotopic (exact) mass is 245 g/mol. The number of fused-ring (bicyclic) bond motifs is 1. The first-order valence-corrected chi connectivity index (χ1v) is 6.78. The molecular weight excluding hydrogens is 237 g/mol. The molecule has 0 saturated heterocycles. The van der Waals surface area contributed by atoms with Crippen LogP contribution in [0.4, 0.5) is 4.39 Å². The van der Waals surface area contributed by atoms with Gasteiger partial charge in [0.15, 0.2) is 0 Å². The van der Waals surface area contributed by atoms with Crippen LogP contribution in [0.1, 0.15) is 6.92 Å². The smallest absolute Gasteiger partial charge is 0.210 e. The van der Waals surface area contributed by atoms with Gasteiger partial charge in [-0.1, -0.05) is 6.92 Å². The summed E-state index contributed by atoms with van der Waals surface area (Å²) in [6, 6.07) is 4.04. The lowest BCUT2D eigenvalue weighted by Crippen LogP contribution is -2.02. The van der Waals surface area contributed by atoms with Gasteiger partial charge in [0.1, 0.15) is 5.82 Å². The molecule has 0 fully saturated rings. The first-order chi connectivity index (χ1) is 7.03. The fourth-order valence-electron chi connectivity index (χ4n) is 1.13. The van der Waals surface area contributed by atoms with Crippen LogP contribution < -0.4 is 0 Å². The van der Waals surface area contributed by atoms with Crippen LogP contribution in [-0.4, -0.2) is 19.2 Å². The van der Waals surface area contributed by atoms with Gasteiger partial charge >= 0.3 is 0 Å². The second-order valence-corrected chi connectivity index (χ2v) is 6.48. The van der Waals surface area contributed by atoms with Crippen molar-refractivity contribution in [1.82, 2.24) is 4.98 Å². The van der Waals surface area contributed by atoms with Crippen molar-refractivity contribution in [3.05, 3.63) is 24.0 Å². The van der Waals surface area contributed by atoms with E-state index in [9.17, 15) is 12.8 Å². The first-order valence-electron chi connectivity index (χ1n) is 4.32. The first kappa shape index (κ1) is 10.5. The number of rotatable bonds is 2. The van der Waals surface area contributed by atoms with E-state index >= 15 is 0 Å². The molecule has 0 spiro atoms. The fraction of sp³-hybridized carbons (Fsp3) is 0.222. The number of hydrogen-bond acceptors (Lipinski definition) is 4. The van der Waals surface area contributed by atoms with Gasteiger partial charge in [-0.05, 0) is 18.2 Å². The predicted molar refractivity (Wildman–Crippen MR) is 57.3 cm³/mol. The average Bonchev–Trinajstić information content (AvgIpc) is 2.61. The molecule has 80 valence electrons. The van der Waals surface area contributed by atoms with Crippen LogP contribution in [0.25, 0.3) is 10.2 Å². The Balaban J connectivity index is 2.67. The van der Waals surface area contributed by atoms with Gasteiger partial charge in [-0.2, -0.15) is 0 Å². The van der Waals surface area contributed by atoms with E-state index in [0.717, 1.165) is 11.3 Å². The van der Waals surface area contributed by atoms with Crippen LogP contribution in [0.3, 0.4) is 0 Å². The van der Waals surface area contributed by atoms with Crippen molar-refractivity contribution in [1.29, 1.82) is 0 Å². The third-order valence-corrected chi connectivity index (χ3v) is 5.19. The van der Waals surface area contributed by atoms with Crippen molar-refractivity contribution in [2.75, 3.05) is 5.75 Å². The SMILES string of the molecule is CCS(=O)(=O)c1nc2ccc(F)cc2s1. The normalized spacial score (nSPS) is 12.1. The van der Waals surface area contributed by atoms with E-state index in [0.29, 0.717) is 10.2 Å². The highest BCUT2D eigenvalue weighted by atomic mass is 32.2. The largest absolute Gasteiger partial charge is 0.225 e. The van der Waals surface area contributed by atoms with Crippen molar-refractivity contribution in [2.24, 2.45) is 0 Å².